The van der Waals surface area contributed by atoms with Gasteiger partial charge in [0.15, 0.2) is 0 Å². The van der Waals surface area contributed by atoms with Crippen molar-refractivity contribution >= 4 is 27.6 Å². The van der Waals surface area contributed by atoms with Crippen molar-refractivity contribution < 1.29 is 4.43 Å². The Bertz CT molecular complexity index is 40.5. The second-order valence-electron chi connectivity index (χ2n) is 1.57. The molecule has 0 radical (unpaired) electrons. The molecular formula is C3H9IOSi. The molecule has 0 saturated heterocycles. The number of hydrogen-bond acceptors (Lipinski definition) is 1. The van der Waals surface area contributed by atoms with E-state index in [1.807, 2.05) is 0 Å². The van der Waals surface area contributed by atoms with Crippen LogP contribution in [0.25, 0.3) is 0 Å². The zero-order chi connectivity index (χ0) is 5.21. The van der Waals surface area contributed by atoms with Crippen LogP contribution in [0.1, 0.15) is 0 Å². The molecule has 0 fully saturated rings. The molecule has 0 spiro atoms. The minimum atomic E-state index is -1.16. The Labute approximate surface area is 52.4 Å². The monoisotopic (exact) mass is 216 g/mol. The van der Waals surface area contributed by atoms with Crippen LogP contribution in [0.2, 0.25) is 13.1 Å². The summed E-state index contributed by atoms with van der Waals surface area (Å²) in [6.45, 7) is 4.29. The van der Waals surface area contributed by atoms with Gasteiger partial charge in [-0.05, 0) is 13.1 Å². The van der Waals surface area contributed by atoms with E-state index in [1.54, 1.807) is 7.11 Å². The Morgan fingerprint density at radius 2 is 1.67 bits per heavy atom. The Balaban J connectivity index is 3.17. The zero-order valence-corrected chi connectivity index (χ0v) is 7.44. The Morgan fingerprint density at radius 3 is 1.67 bits per heavy atom. The molecule has 0 rings (SSSR count). The maximum Gasteiger partial charge on any atom is 0.251 e. The number of rotatable bonds is 1. The average Bonchev–Trinajstić information content (AvgIpc) is 1.35. The fraction of sp³-hybridized carbons (Fsp3) is 1.00. The van der Waals surface area contributed by atoms with Crippen LogP contribution in [-0.4, -0.2) is 12.9 Å². The van der Waals surface area contributed by atoms with Gasteiger partial charge in [0.2, 0.25) is 0 Å². The molecule has 0 aromatic rings. The van der Waals surface area contributed by atoms with Crippen molar-refractivity contribution in [2.75, 3.05) is 7.11 Å². The molecule has 1 nitrogen and oxygen atoms in total. The van der Waals surface area contributed by atoms with Crippen LogP contribution >= 0.6 is 21.8 Å². The second kappa shape index (κ2) is 2.27. The van der Waals surface area contributed by atoms with E-state index in [-0.39, 0.29) is 0 Å². The summed E-state index contributed by atoms with van der Waals surface area (Å²) in [5, 5.41) is 0. The fourth-order valence-corrected chi connectivity index (χ4v) is 0. The summed E-state index contributed by atoms with van der Waals surface area (Å²) in [4.78, 5) is 0. The SMILES string of the molecule is CO[Si](C)(C)I. The number of hydrogen-bond donors (Lipinski definition) is 0. The third-order valence-corrected chi connectivity index (χ3v) is 2.78. The van der Waals surface area contributed by atoms with Gasteiger partial charge in [-0.1, -0.05) is 21.8 Å². The van der Waals surface area contributed by atoms with E-state index in [4.69, 9.17) is 4.43 Å². The largest absolute Gasteiger partial charge is 0.411 e. The number of halogens is 1. The van der Waals surface area contributed by atoms with Crippen molar-refractivity contribution in [3.05, 3.63) is 0 Å². The summed E-state index contributed by atoms with van der Waals surface area (Å²) >= 11 is 2.36. The summed E-state index contributed by atoms with van der Waals surface area (Å²) in [5.74, 6) is -1.16. The van der Waals surface area contributed by atoms with E-state index in [2.05, 4.69) is 34.9 Å². The lowest BCUT2D eigenvalue weighted by molar-refractivity contribution is 0.427. The molecular weight excluding hydrogens is 207 g/mol. The lowest BCUT2D eigenvalue weighted by Crippen LogP contribution is -2.17. The Morgan fingerprint density at radius 1 is 1.50 bits per heavy atom. The third kappa shape index (κ3) is 4.91. The van der Waals surface area contributed by atoms with Crippen molar-refractivity contribution in [3.8, 4) is 0 Å². The smallest absolute Gasteiger partial charge is 0.251 e. The average molecular weight is 216 g/mol. The molecule has 0 aromatic heterocycles. The highest BCUT2D eigenvalue weighted by Gasteiger charge is 2.12. The minimum absolute atomic E-state index is 1.16. The van der Waals surface area contributed by atoms with Gasteiger partial charge >= 0.3 is 0 Å². The normalized spacial score (nSPS) is 12.0. The van der Waals surface area contributed by atoms with Crippen LogP contribution in [0.3, 0.4) is 0 Å². The molecule has 0 amide bonds. The highest BCUT2D eigenvalue weighted by Crippen LogP contribution is 2.09. The molecule has 0 N–H and O–H groups in total. The summed E-state index contributed by atoms with van der Waals surface area (Å²) < 4.78 is 5.06. The van der Waals surface area contributed by atoms with Crippen LogP contribution in [0.15, 0.2) is 0 Å². The summed E-state index contributed by atoms with van der Waals surface area (Å²) in [6.07, 6.45) is 0. The quantitative estimate of drug-likeness (QED) is 0.368. The summed E-state index contributed by atoms with van der Waals surface area (Å²) in [5.41, 5.74) is 0. The van der Waals surface area contributed by atoms with Gasteiger partial charge in [0.05, 0.1) is 0 Å². The topological polar surface area (TPSA) is 9.23 Å². The van der Waals surface area contributed by atoms with Crippen LogP contribution in [0.5, 0.6) is 0 Å². The molecule has 0 heterocycles. The molecule has 38 valence electrons. The van der Waals surface area contributed by atoms with Gasteiger partial charge in [0, 0.05) is 7.11 Å². The van der Waals surface area contributed by atoms with E-state index in [9.17, 15) is 0 Å². The second-order valence-corrected chi connectivity index (χ2v) is 12.5. The predicted molar refractivity (Wildman–Crippen MR) is 38.5 cm³/mol. The maximum atomic E-state index is 5.06. The molecule has 0 atom stereocenters. The van der Waals surface area contributed by atoms with Crippen molar-refractivity contribution in [3.63, 3.8) is 0 Å². The molecule has 0 saturated carbocycles. The van der Waals surface area contributed by atoms with E-state index in [0.717, 1.165) is 0 Å². The molecule has 0 aliphatic rings. The van der Waals surface area contributed by atoms with Gasteiger partial charge in [-0.2, -0.15) is 0 Å². The Kier molecular flexibility index (Phi) is 2.62. The molecule has 3 heteroatoms. The van der Waals surface area contributed by atoms with Crippen molar-refractivity contribution in [1.82, 2.24) is 0 Å². The van der Waals surface area contributed by atoms with E-state index in [0.29, 0.717) is 0 Å². The van der Waals surface area contributed by atoms with E-state index < -0.39 is 5.81 Å². The van der Waals surface area contributed by atoms with E-state index >= 15 is 0 Å². The summed E-state index contributed by atoms with van der Waals surface area (Å²) in [7, 11) is 1.76. The predicted octanol–water partition coefficient (Wildman–Crippen LogP) is 1.77. The van der Waals surface area contributed by atoms with E-state index in [1.165, 1.54) is 0 Å². The first-order valence-electron chi connectivity index (χ1n) is 1.80. The maximum absolute atomic E-state index is 5.06. The van der Waals surface area contributed by atoms with Crippen LogP contribution < -0.4 is 0 Å². The fourth-order valence-electron chi connectivity index (χ4n) is 0. The minimum Gasteiger partial charge on any atom is -0.411 e. The highest BCUT2D eigenvalue weighted by atomic mass is 127. The van der Waals surface area contributed by atoms with Gasteiger partial charge < -0.3 is 4.43 Å². The van der Waals surface area contributed by atoms with Crippen LogP contribution in [0.4, 0.5) is 0 Å². The van der Waals surface area contributed by atoms with Gasteiger partial charge in [-0.25, -0.2) is 0 Å². The molecule has 0 bridgehead atoms. The van der Waals surface area contributed by atoms with Crippen molar-refractivity contribution in [2.45, 2.75) is 13.1 Å². The van der Waals surface area contributed by atoms with Gasteiger partial charge in [-0.3, -0.25) is 0 Å². The first-order valence-corrected chi connectivity index (χ1v) is 7.82. The zero-order valence-electron chi connectivity index (χ0n) is 4.29. The van der Waals surface area contributed by atoms with Crippen molar-refractivity contribution in [2.24, 2.45) is 0 Å². The van der Waals surface area contributed by atoms with Gasteiger partial charge in [0.1, 0.15) is 0 Å². The first kappa shape index (κ1) is 6.91. The lowest BCUT2D eigenvalue weighted by Gasteiger charge is -2.07. The van der Waals surface area contributed by atoms with Crippen molar-refractivity contribution in [1.29, 1.82) is 0 Å². The van der Waals surface area contributed by atoms with Gasteiger partial charge in [0.25, 0.3) is 5.81 Å². The Hall–Kier alpha value is 0.907. The van der Waals surface area contributed by atoms with Crippen LogP contribution in [0, 0.1) is 0 Å². The van der Waals surface area contributed by atoms with Gasteiger partial charge in [-0.15, -0.1) is 0 Å². The standard InChI is InChI=1S/C3H9IOSi/c1-5-6(2,3)4/h1-3H3. The summed E-state index contributed by atoms with van der Waals surface area (Å²) in [6, 6.07) is 0. The molecule has 0 unspecified atom stereocenters. The van der Waals surface area contributed by atoms with Crippen LogP contribution in [-0.2, 0) is 4.43 Å². The third-order valence-electron chi connectivity index (χ3n) is 0.485. The molecule has 6 heavy (non-hydrogen) atoms. The molecule has 0 aliphatic carbocycles. The first-order chi connectivity index (χ1) is 2.56. The lowest BCUT2D eigenvalue weighted by atomic mass is 11.8. The molecule has 0 aliphatic heterocycles. The highest BCUT2D eigenvalue weighted by molar-refractivity contribution is 14.1. The molecule has 0 aromatic carbocycles.